The molecule has 4 rings (SSSR count). The van der Waals surface area contributed by atoms with Crippen LogP contribution in [-0.2, 0) is 18.7 Å². The number of hydrogen-bond donors (Lipinski definition) is 0. The number of hydrogen-bond acceptors (Lipinski definition) is 7. The Balaban J connectivity index is 1.58. The molecule has 1 saturated heterocycles. The summed E-state index contributed by atoms with van der Waals surface area (Å²) in [6.45, 7) is 1.56. The average molecular weight is 372 g/mol. The number of thioether (sulfide) groups is 1. The second-order valence-electron chi connectivity index (χ2n) is 7.06. The van der Waals surface area contributed by atoms with Crippen molar-refractivity contribution in [3.63, 3.8) is 0 Å². The molecule has 0 N–H and O–H groups in total. The van der Waals surface area contributed by atoms with Crippen LogP contribution in [0.15, 0.2) is 23.3 Å². The number of rotatable bonds is 4. The van der Waals surface area contributed by atoms with Crippen LogP contribution in [0, 0.1) is 0 Å². The molecule has 0 aromatic carbocycles. The molecule has 0 aliphatic carbocycles. The van der Waals surface area contributed by atoms with Gasteiger partial charge in [0.05, 0.1) is 18.3 Å². The van der Waals surface area contributed by atoms with E-state index in [0.717, 1.165) is 60.2 Å². The van der Waals surface area contributed by atoms with E-state index in [9.17, 15) is 4.79 Å². The molecule has 1 unspecified atom stereocenters. The van der Waals surface area contributed by atoms with Crippen LogP contribution < -0.4 is 15.4 Å². The summed E-state index contributed by atoms with van der Waals surface area (Å²) in [5.41, 5.74) is 2.21. The molecular weight excluding hydrogens is 348 g/mol. The summed E-state index contributed by atoms with van der Waals surface area (Å²) in [5.74, 6) is 3.81. The highest BCUT2D eigenvalue weighted by molar-refractivity contribution is 7.98. The largest absolute Gasteiger partial charge is 0.363 e. The van der Waals surface area contributed by atoms with Crippen molar-refractivity contribution in [1.29, 1.82) is 0 Å². The van der Waals surface area contributed by atoms with Crippen molar-refractivity contribution in [3.8, 4) is 0 Å². The van der Waals surface area contributed by atoms with E-state index in [-0.39, 0.29) is 11.6 Å². The minimum absolute atomic E-state index is 0.00904. The summed E-state index contributed by atoms with van der Waals surface area (Å²) in [5, 5.41) is 4.67. The van der Waals surface area contributed by atoms with Gasteiger partial charge in [0.2, 0.25) is 0 Å². The van der Waals surface area contributed by atoms with E-state index in [0.29, 0.717) is 6.54 Å². The van der Waals surface area contributed by atoms with Crippen molar-refractivity contribution in [1.82, 2.24) is 19.7 Å². The van der Waals surface area contributed by atoms with E-state index in [4.69, 9.17) is 0 Å². The summed E-state index contributed by atoms with van der Waals surface area (Å²) in [4.78, 5) is 25.5. The van der Waals surface area contributed by atoms with Crippen LogP contribution in [-0.4, -0.2) is 52.2 Å². The van der Waals surface area contributed by atoms with Gasteiger partial charge in [-0.25, -0.2) is 14.6 Å². The molecule has 1 atom stereocenters. The van der Waals surface area contributed by atoms with Gasteiger partial charge in [0.15, 0.2) is 0 Å². The SMILES string of the molecule is CN(C)c1cc(N2CCCC2Cn2nc3c(cc2=O)CSCC3)ncn1. The third-order valence-electron chi connectivity index (χ3n) is 5.06. The lowest BCUT2D eigenvalue weighted by Gasteiger charge is -2.27. The maximum Gasteiger partial charge on any atom is 0.267 e. The summed E-state index contributed by atoms with van der Waals surface area (Å²) in [6.07, 6.45) is 4.71. The van der Waals surface area contributed by atoms with Gasteiger partial charge in [-0.05, 0) is 24.2 Å². The fourth-order valence-corrected chi connectivity index (χ4v) is 4.60. The number of fused-ring (bicyclic) bond motifs is 1. The first-order valence-corrected chi connectivity index (χ1v) is 10.2. The summed E-state index contributed by atoms with van der Waals surface area (Å²) < 4.78 is 1.66. The molecule has 2 aliphatic rings. The molecular formula is C18H24N6OS. The van der Waals surface area contributed by atoms with Gasteiger partial charge in [-0.1, -0.05) is 0 Å². The molecule has 2 aromatic heterocycles. The molecule has 138 valence electrons. The normalized spacial score (nSPS) is 19.5. The second-order valence-corrected chi connectivity index (χ2v) is 8.16. The van der Waals surface area contributed by atoms with Gasteiger partial charge in [-0.3, -0.25) is 4.79 Å². The zero-order valence-corrected chi connectivity index (χ0v) is 16.1. The maximum atomic E-state index is 12.5. The summed E-state index contributed by atoms with van der Waals surface area (Å²) >= 11 is 1.87. The highest BCUT2D eigenvalue weighted by Gasteiger charge is 2.27. The van der Waals surface area contributed by atoms with Gasteiger partial charge >= 0.3 is 0 Å². The zero-order valence-electron chi connectivity index (χ0n) is 15.3. The predicted molar refractivity (Wildman–Crippen MR) is 105 cm³/mol. The first-order chi connectivity index (χ1) is 12.6. The van der Waals surface area contributed by atoms with Crippen LogP contribution in [0.2, 0.25) is 0 Å². The van der Waals surface area contributed by atoms with Crippen molar-refractivity contribution in [2.75, 3.05) is 36.2 Å². The molecule has 0 saturated carbocycles. The highest BCUT2D eigenvalue weighted by Crippen LogP contribution is 2.26. The Kier molecular flexibility index (Phi) is 4.84. The van der Waals surface area contributed by atoms with Gasteiger partial charge in [0.1, 0.15) is 18.0 Å². The van der Waals surface area contributed by atoms with E-state index < -0.39 is 0 Å². The number of aromatic nitrogens is 4. The van der Waals surface area contributed by atoms with Crippen molar-refractivity contribution in [2.45, 2.75) is 37.6 Å². The Morgan fingerprint density at radius 2 is 2.19 bits per heavy atom. The Bertz CT molecular complexity index is 852. The second kappa shape index (κ2) is 7.26. The third kappa shape index (κ3) is 3.42. The first-order valence-electron chi connectivity index (χ1n) is 9.05. The Hall–Kier alpha value is -2.09. The molecule has 0 amide bonds. The molecule has 0 bridgehead atoms. The van der Waals surface area contributed by atoms with E-state index >= 15 is 0 Å². The summed E-state index contributed by atoms with van der Waals surface area (Å²) in [7, 11) is 3.95. The highest BCUT2D eigenvalue weighted by atomic mass is 32.2. The maximum absolute atomic E-state index is 12.5. The standard InChI is InChI=1S/C18H24N6OS/c1-22(2)16-9-17(20-12-19-16)23-6-3-4-14(23)10-24-18(25)8-13-11-26-7-5-15(13)21-24/h8-9,12,14H,3-7,10-11H2,1-2H3. The smallest absolute Gasteiger partial charge is 0.267 e. The van der Waals surface area contributed by atoms with Crippen molar-refractivity contribution in [3.05, 3.63) is 40.1 Å². The van der Waals surface area contributed by atoms with Gasteiger partial charge in [0.25, 0.3) is 5.56 Å². The molecule has 8 heteroatoms. The lowest BCUT2D eigenvalue weighted by molar-refractivity contribution is 0.479. The molecule has 2 aliphatic heterocycles. The van der Waals surface area contributed by atoms with E-state index in [1.807, 2.05) is 36.8 Å². The van der Waals surface area contributed by atoms with E-state index in [1.54, 1.807) is 17.1 Å². The van der Waals surface area contributed by atoms with Crippen LogP contribution in [0.4, 0.5) is 11.6 Å². The molecule has 7 nitrogen and oxygen atoms in total. The van der Waals surface area contributed by atoms with Crippen molar-refractivity contribution >= 4 is 23.4 Å². The lowest BCUT2D eigenvalue weighted by atomic mass is 10.2. The molecule has 1 fully saturated rings. The van der Waals surface area contributed by atoms with Gasteiger partial charge in [-0.2, -0.15) is 16.9 Å². The Morgan fingerprint density at radius 3 is 3.04 bits per heavy atom. The molecule has 26 heavy (non-hydrogen) atoms. The number of anilines is 2. The Labute approximate surface area is 157 Å². The average Bonchev–Trinajstić information content (AvgIpc) is 3.10. The van der Waals surface area contributed by atoms with Gasteiger partial charge < -0.3 is 9.80 Å². The van der Waals surface area contributed by atoms with E-state index in [2.05, 4.69) is 20.0 Å². The molecule has 4 heterocycles. The minimum Gasteiger partial charge on any atom is -0.363 e. The molecule has 0 radical (unpaired) electrons. The van der Waals surface area contributed by atoms with Gasteiger partial charge in [-0.15, -0.1) is 0 Å². The summed E-state index contributed by atoms with van der Waals surface area (Å²) in [6, 6.07) is 4.03. The van der Waals surface area contributed by atoms with Crippen LogP contribution in [0.5, 0.6) is 0 Å². The monoisotopic (exact) mass is 372 g/mol. The first kappa shape index (κ1) is 17.3. The molecule has 0 spiro atoms. The van der Waals surface area contributed by atoms with Crippen LogP contribution in [0.25, 0.3) is 0 Å². The molecule has 2 aromatic rings. The van der Waals surface area contributed by atoms with Gasteiger partial charge in [0, 0.05) is 44.9 Å². The minimum atomic E-state index is 0.00904. The van der Waals surface area contributed by atoms with Crippen LogP contribution >= 0.6 is 11.8 Å². The van der Waals surface area contributed by atoms with Crippen molar-refractivity contribution < 1.29 is 0 Å². The van der Waals surface area contributed by atoms with Crippen LogP contribution in [0.3, 0.4) is 0 Å². The number of aryl methyl sites for hydroxylation is 1. The quantitative estimate of drug-likeness (QED) is 0.807. The topological polar surface area (TPSA) is 67.2 Å². The third-order valence-corrected chi connectivity index (χ3v) is 6.06. The van der Waals surface area contributed by atoms with E-state index in [1.165, 1.54) is 0 Å². The predicted octanol–water partition coefficient (Wildman–Crippen LogP) is 1.56. The van der Waals surface area contributed by atoms with Crippen LogP contribution in [0.1, 0.15) is 24.1 Å². The zero-order chi connectivity index (χ0) is 18.1. The fraction of sp³-hybridized carbons (Fsp3) is 0.556. The fourth-order valence-electron chi connectivity index (χ4n) is 3.65. The lowest BCUT2D eigenvalue weighted by Crippen LogP contribution is -2.38. The van der Waals surface area contributed by atoms with Crippen molar-refractivity contribution in [2.24, 2.45) is 0 Å². The number of nitrogens with zero attached hydrogens (tertiary/aromatic N) is 6. The Morgan fingerprint density at radius 1 is 1.31 bits per heavy atom.